The zero-order valence-electron chi connectivity index (χ0n) is 23.1. The van der Waals surface area contributed by atoms with Crippen molar-refractivity contribution < 1.29 is 18.4 Å². The maximum Gasteiger partial charge on any atom is 0.255 e. The molecule has 1 unspecified atom stereocenters. The van der Waals surface area contributed by atoms with Crippen molar-refractivity contribution in [2.75, 3.05) is 7.05 Å². The molecule has 0 bridgehead atoms. The summed E-state index contributed by atoms with van der Waals surface area (Å²) < 4.78 is 19.7. The monoisotopic (exact) mass is 538 g/mol. The fourth-order valence-electron chi connectivity index (χ4n) is 5.25. The fraction of sp³-hybridized carbons (Fsp3) is 0.344. The van der Waals surface area contributed by atoms with Gasteiger partial charge in [0.2, 0.25) is 11.3 Å². The van der Waals surface area contributed by atoms with Crippen LogP contribution in [0.2, 0.25) is 0 Å². The van der Waals surface area contributed by atoms with Crippen LogP contribution in [0.3, 0.4) is 0 Å². The number of fused-ring (bicyclic) bond motifs is 1. The molecular weight excluding hydrogens is 507 g/mol. The van der Waals surface area contributed by atoms with Crippen molar-refractivity contribution in [3.05, 3.63) is 82.3 Å². The number of amides is 1. The summed E-state index contributed by atoms with van der Waals surface area (Å²) in [5.74, 6) is -0.287. The molecule has 0 saturated heterocycles. The summed E-state index contributed by atoms with van der Waals surface area (Å²) in [5, 5.41) is 3.18. The predicted octanol–water partition coefficient (Wildman–Crippen LogP) is 6.98. The largest absolute Gasteiger partial charge is 0.437 e. The van der Waals surface area contributed by atoms with E-state index in [-0.39, 0.29) is 24.0 Å². The quantitative estimate of drug-likeness (QED) is 0.183. The molecule has 0 aliphatic heterocycles. The van der Waals surface area contributed by atoms with E-state index in [1.165, 1.54) is 19.2 Å². The molecule has 1 fully saturated rings. The lowest BCUT2D eigenvalue weighted by molar-refractivity contribution is 0.0952. The second-order valence-electron chi connectivity index (χ2n) is 10.7. The number of aromatic nitrogens is 2. The molecule has 204 valence electrons. The standard InChI is InChI=1S/C32H31FN4O3/c1-6-7-26-24(20-14-23(18(2)36-17-20)27(38)16-32(3,35-5)21-10-11-21)15-25-28(30(39)34-4)29(40-31(25)37-26)19-8-12-22(33)13-9-19/h8-9,12-15,17,21H,6-7,10-11,16H2,1-4H3,(H,34,39). The molecular formula is C32H31FN4O3. The number of pyridine rings is 2. The van der Waals surface area contributed by atoms with Crippen molar-refractivity contribution in [2.24, 2.45) is 5.92 Å². The summed E-state index contributed by atoms with van der Waals surface area (Å²) in [6.45, 7) is 13.4. The lowest BCUT2D eigenvalue weighted by Crippen LogP contribution is -2.27. The molecule has 1 N–H and O–H groups in total. The number of rotatable bonds is 9. The Morgan fingerprint density at radius 2 is 1.93 bits per heavy atom. The van der Waals surface area contributed by atoms with Crippen LogP contribution < -0.4 is 5.32 Å². The number of hydrogen-bond acceptors (Lipinski definition) is 5. The first-order chi connectivity index (χ1) is 19.2. The number of carbonyl (C=O) groups is 2. The van der Waals surface area contributed by atoms with Crippen LogP contribution in [0.25, 0.3) is 38.4 Å². The highest BCUT2D eigenvalue weighted by Gasteiger charge is 2.49. The molecule has 0 radical (unpaired) electrons. The molecule has 4 aromatic rings. The highest BCUT2D eigenvalue weighted by Crippen LogP contribution is 2.44. The van der Waals surface area contributed by atoms with Gasteiger partial charge in [0.15, 0.2) is 5.78 Å². The maximum atomic E-state index is 13.6. The molecule has 5 rings (SSSR count). The van der Waals surface area contributed by atoms with Gasteiger partial charge in [-0.1, -0.05) is 13.3 Å². The number of furan rings is 1. The third-order valence-corrected chi connectivity index (χ3v) is 7.74. The lowest BCUT2D eigenvalue weighted by atomic mass is 9.87. The Kier molecular flexibility index (Phi) is 7.24. The van der Waals surface area contributed by atoms with E-state index >= 15 is 0 Å². The normalized spacial score (nSPS) is 14.5. The lowest BCUT2D eigenvalue weighted by Gasteiger charge is -2.17. The number of nitrogens with zero attached hydrogens (tertiary/aromatic N) is 3. The van der Waals surface area contributed by atoms with Gasteiger partial charge < -0.3 is 14.6 Å². The van der Waals surface area contributed by atoms with Gasteiger partial charge in [-0.2, -0.15) is 0 Å². The summed E-state index contributed by atoms with van der Waals surface area (Å²) in [7, 11) is 1.54. The number of benzene rings is 1. The first kappa shape index (κ1) is 27.2. The Morgan fingerprint density at radius 1 is 1.20 bits per heavy atom. The molecule has 1 amide bonds. The minimum atomic E-state index is -0.705. The summed E-state index contributed by atoms with van der Waals surface area (Å²) in [5.41, 5.74) is 3.76. The number of carbonyl (C=O) groups excluding carboxylic acids is 2. The van der Waals surface area contributed by atoms with Gasteiger partial charge in [-0.05, 0) is 62.6 Å². The Morgan fingerprint density at radius 3 is 2.55 bits per heavy atom. The molecule has 1 aliphatic carbocycles. The van der Waals surface area contributed by atoms with Crippen LogP contribution in [0, 0.1) is 25.2 Å². The number of halogens is 1. The van der Waals surface area contributed by atoms with Crippen LogP contribution in [0.15, 0.2) is 47.0 Å². The van der Waals surface area contributed by atoms with Crippen molar-refractivity contribution in [1.82, 2.24) is 15.3 Å². The molecule has 1 aliphatic rings. The van der Waals surface area contributed by atoms with Crippen molar-refractivity contribution in [1.29, 1.82) is 0 Å². The van der Waals surface area contributed by atoms with E-state index in [0.29, 0.717) is 51.2 Å². The Hall–Kier alpha value is -4.38. The van der Waals surface area contributed by atoms with Crippen molar-refractivity contribution >= 4 is 22.8 Å². The van der Waals surface area contributed by atoms with Crippen LogP contribution in [0.5, 0.6) is 0 Å². The van der Waals surface area contributed by atoms with Crippen LogP contribution in [-0.2, 0) is 6.42 Å². The number of hydrogen-bond donors (Lipinski definition) is 1. The fourth-order valence-corrected chi connectivity index (χ4v) is 5.25. The van der Waals surface area contributed by atoms with Crippen molar-refractivity contribution in [2.45, 2.75) is 58.4 Å². The highest BCUT2D eigenvalue weighted by molar-refractivity contribution is 6.11. The van der Waals surface area contributed by atoms with Gasteiger partial charge in [0.25, 0.3) is 5.91 Å². The first-order valence-electron chi connectivity index (χ1n) is 13.5. The van der Waals surface area contributed by atoms with E-state index in [0.717, 1.165) is 30.5 Å². The van der Waals surface area contributed by atoms with E-state index in [9.17, 15) is 14.0 Å². The van der Waals surface area contributed by atoms with Gasteiger partial charge in [-0.25, -0.2) is 15.9 Å². The Bertz CT molecular complexity index is 1660. The minimum Gasteiger partial charge on any atom is -0.437 e. The van der Waals surface area contributed by atoms with Gasteiger partial charge in [-0.15, -0.1) is 0 Å². The maximum absolute atomic E-state index is 13.6. The van der Waals surface area contributed by atoms with E-state index in [4.69, 9.17) is 16.0 Å². The summed E-state index contributed by atoms with van der Waals surface area (Å²) in [4.78, 5) is 39.7. The molecule has 3 heterocycles. The molecule has 1 atom stereocenters. The van der Waals surface area contributed by atoms with Crippen LogP contribution in [0.4, 0.5) is 4.39 Å². The molecule has 1 aromatic carbocycles. The molecule has 40 heavy (non-hydrogen) atoms. The zero-order valence-corrected chi connectivity index (χ0v) is 23.1. The predicted molar refractivity (Wildman–Crippen MR) is 151 cm³/mol. The Labute approximate surface area is 232 Å². The number of aryl methyl sites for hydroxylation is 2. The summed E-state index contributed by atoms with van der Waals surface area (Å²) >= 11 is 0. The molecule has 8 heteroatoms. The van der Waals surface area contributed by atoms with Gasteiger partial charge in [0.05, 0.1) is 23.1 Å². The first-order valence-corrected chi connectivity index (χ1v) is 13.5. The van der Waals surface area contributed by atoms with E-state index in [1.807, 2.05) is 26.0 Å². The van der Waals surface area contributed by atoms with Gasteiger partial charge in [-0.3, -0.25) is 14.6 Å². The minimum absolute atomic E-state index is 0.101. The van der Waals surface area contributed by atoms with Crippen LogP contribution in [-0.4, -0.2) is 34.2 Å². The number of ketones is 1. The average molecular weight is 539 g/mol. The average Bonchev–Trinajstić information content (AvgIpc) is 3.75. The molecule has 3 aromatic heterocycles. The van der Waals surface area contributed by atoms with E-state index < -0.39 is 11.4 Å². The topological polar surface area (TPSA) is 89.5 Å². The van der Waals surface area contributed by atoms with E-state index in [1.54, 1.807) is 25.3 Å². The van der Waals surface area contributed by atoms with Gasteiger partial charge >= 0.3 is 0 Å². The van der Waals surface area contributed by atoms with Gasteiger partial charge in [0.1, 0.15) is 11.6 Å². The zero-order chi connectivity index (χ0) is 28.6. The molecule has 7 nitrogen and oxygen atoms in total. The van der Waals surface area contributed by atoms with E-state index in [2.05, 4.69) is 15.1 Å². The smallest absolute Gasteiger partial charge is 0.255 e. The third kappa shape index (κ3) is 5.00. The van der Waals surface area contributed by atoms with Gasteiger partial charge in [0, 0.05) is 54.0 Å². The van der Waals surface area contributed by atoms with Crippen molar-refractivity contribution in [3.8, 4) is 22.5 Å². The van der Waals surface area contributed by atoms with Crippen LogP contribution >= 0.6 is 0 Å². The Balaban J connectivity index is 1.65. The second-order valence-corrected chi connectivity index (χ2v) is 10.7. The summed E-state index contributed by atoms with van der Waals surface area (Å²) in [6.07, 6.45) is 5.28. The molecule has 1 saturated carbocycles. The molecule has 0 spiro atoms. The number of nitrogens with one attached hydrogen (secondary N) is 1. The highest BCUT2D eigenvalue weighted by atomic mass is 19.1. The second kappa shape index (κ2) is 10.6. The van der Waals surface area contributed by atoms with Crippen LogP contribution in [0.1, 0.15) is 71.6 Å². The summed E-state index contributed by atoms with van der Waals surface area (Å²) in [6, 6.07) is 9.45. The van der Waals surface area contributed by atoms with Crippen molar-refractivity contribution in [3.63, 3.8) is 0 Å². The number of Topliss-reactive ketones (excluding diaryl/α,β-unsaturated/α-hetero) is 1. The SMILES string of the molecule is [C-]#[N+]C(C)(CC(=O)c1cc(-c2cc3c(C(=O)NC)c(-c4ccc(F)cc4)oc3nc2CCC)cnc1C)C1CC1. The third-order valence-electron chi connectivity index (χ3n) is 7.74.